The van der Waals surface area contributed by atoms with Crippen LogP contribution < -0.4 is 5.73 Å². The van der Waals surface area contributed by atoms with E-state index in [1.165, 1.54) is 19.3 Å². The zero-order valence-electron chi connectivity index (χ0n) is 12.5. The summed E-state index contributed by atoms with van der Waals surface area (Å²) in [5, 5.41) is 0. The standard InChI is InChI=1S/C16H22N4O/c1-10-7-16(5-2-6-16)9-20(10)15(21)12-8-18-14(11-3-4-11)19-13(12)17/h8,10-11H,2-7,9H2,1H3,(H2,17,18,19). The van der Waals surface area contributed by atoms with E-state index in [1.54, 1.807) is 6.20 Å². The van der Waals surface area contributed by atoms with Crippen LogP contribution in [-0.2, 0) is 0 Å². The summed E-state index contributed by atoms with van der Waals surface area (Å²) in [6, 6.07) is 0.292. The van der Waals surface area contributed by atoms with Gasteiger partial charge < -0.3 is 10.6 Å². The van der Waals surface area contributed by atoms with Crippen LogP contribution in [0.3, 0.4) is 0 Å². The molecule has 1 aromatic heterocycles. The lowest BCUT2D eigenvalue weighted by Gasteiger charge is -2.37. The van der Waals surface area contributed by atoms with Crippen LogP contribution in [0.15, 0.2) is 6.20 Å². The average Bonchev–Trinajstić information content (AvgIpc) is 3.20. The first kappa shape index (κ1) is 13.0. The summed E-state index contributed by atoms with van der Waals surface area (Å²) >= 11 is 0. The molecule has 112 valence electrons. The number of amides is 1. The zero-order valence-corrected chi connectivity index (χ0v) is 12.5. The molecule has 2 heterocycles. The highest BCUT2D eigenvalue weighted by Crippen LogP contribution is 2.50. The average molecular weight is 286 g/mol. The summed E-state index contributed by atoms with van der Waals surface area (Å²) < 4.78 is 0. The number of nitrogens with two attached hydrogens (primary N) is 1. The fourth-order valence-corrected chi connectivity index (χ4v) is 3.90. The van der Waals surface area contributed by atoms with Gasteiger partial charge in [0.05, 0.1) is 0 Å². The topological polar surface area (TPSA) is 72.1 Å². The summed E-state index contributed by atoms with van der Waals surface area (Å²) in [6.45, 7) is 3.01. The maximum atomic E-state index is 12.8. The minimum absolute atomic E-state index is 0.00567. The van der Waals surface area contributed by atoms with Crippen LogP contribution in [0.1, 0.15) is 67.5 Å². The summed E-state index contributed by atoms with van der Waals surface area (Å²) in [6.07, 6.45) is 8.85. The van der Waals surface area contributed by atoms with Crippen molar-refractivity contribution < 1.29 is 4.79 Å². The number of rotatable bonds is 2. The van der Waals surface area contributed by atoms with Crippen LogP contribution in [0.25, 0.3) is 0 Å². The Morgan fingerprint density at radius 2 is 2.19 bits per heavy atom. The highest BCUT2D eigenvalue weighted by atomic mass is 16.2. The third-order valence-corrected chi connectivity index (χ3v) is 5.45. The maximum Gasteiger partial charge on any atom is 0.259 e. The van der Waals surface area contributed by atoms with E-state index < -0.39 is 0 Å². The van der Waals surface area contributed by atoms with Crippen molar-refractivity contribution in [2.75, 3.05) is 12.3 Å². The van der Waals surface area contributed by atoms with Crippen LogP contribution in [0.5, 0.6) is 0 Å². The third-order valence-electron chi connectivity index (χ3n) is 5.45. The molecule has 1 unspecified atom stereocenters. The fraction of sp³-hybridized carbons (Fsp3) is 0.688. The first-order valence-corrected chi connectivity index (χ1v) is 8.01. The van der Waals surface area contributed by atoms with Gasteiger partial charge in [-0.25, -0.2) is 9.97 Å². The second-order valence-corrected chi connectivity index (χ2v) is 7.14. The van der Waals surface area contributed by atoms with Gasteiger partial charge in [0.1, 0.15) is 17.2 Å². The predicted octanol–water partition coefficient (Wildman–Crippen LogP) is 2.34. The SMILES string of the molecule is CC1CC2(CCC2)CN1C(=O)c1cnc(C2CC2)nc1N. The van der Waals surface area contributed by atoms with Gasteiger partial charge in [0.2, 0.25) is 0 Å². The van der Waals surface area contributed by atoms with E-state index in [4.69, 9.17) is 5.73 Å². The molecule has 2 N–H and O–H groups in total. The number of nitrogens with zero attached hydrogens (tertiary/aromatic N) is 3. The smallest absolute Gasteiger partial charge is 0.259 e. The van der Waals surface area contributed by atoms with Gasteiger partial charge in [-0.15, -0.1) is 0 Å². The van der Waals surface area contributed by atoms with Crippen molar-refractivity contribution >= 4 is 11.7 Å². The molecule has 21 heavy (non-hydrogen) atoms. The maximum absolute atomic E-state index is 12.8. The molecule has 2 aliphatic carbocycles. The summed E-state index contributed by atoms with van der Waals surface area (Å²) in [4.78, 5) is 23.4. The van der Waals surface area contributed by atoms with Crippen molar-refractivity contribution in [3.8, 4) is 0 Å². The number of likely N-dealkylation sites (tertiary alicyclic amines) is 1. The van der Waals surface area contributed by atoms with E-state index in [2.05, 4.69) is 16.9 Å². The van der Waals surface area contributed by atoms with Gasteiger partial charge in [0.15, 0.2) is 0 Å². The number of anilines is 1. The number of aromatic nitrogens is 2. The van der Waals surface area contributed by atoms with E-state index in [0.29, 0.717) is 28.8 Å². The molecular formula is C16H22N4O. The fourth-order valence-electron chi connectivity index (χ4n) is 3.90. The van der Waals surface area contributed by atoms with E-state index in [-0.39, 0.29) is 5.91 Å². The molecule has 1 saturated heterocycles. The molecule has 5 heteroatoms. The van der Waals surface area contributed by atoms with Crippen molar-refractivity contribution in [2.24, 2.45) is 5.41 Å². The van der Waals surface area contributed by atoms with Gasteiger partial charge in [-0.1, -0.05) is 6.42 Å². The van der Waals surface area contributed by atoms with Gasteiger partial charge in [0, 0.05) is 24.7 Å². The molecule has 1 atom stereocenters. The van der Waals surface area contributed by atoms with Gasteiger partial charge in [-0.2, -0.15) is 0 Å². The Balaban J connectivity index is 1.56. The summed E-state index contributed by atoms with van der Waals surface area (Å²) in [5.74, 6) is 1.61. The lowest BCUT2D eigenvalue weighted by atomic mass is 9.68. The number of carbonyl (C=O) groups excluding carboxylic acids is 1. The van der Waals surface area contributed by atoms with E-state index >= 15 is 0 Å². The van der Waals surface area contributed by atoms with Crippen molar-refractivity contribution in [3.05, 3.63) is 17.6 Å². The quantitative estimate of drug-likeness (QED) is 0.905. The molecular weight excluding hydrogens is 264 g/mol. The summed E-state index contributed by atoms with van der Waals surface area (Å²) in [5.41, 5.74) is 6.88. The first-order chi connectivity index (χ1) is 10.1. The van der Waals surface area contributed by atoms with Crippen molar-refractivity contribution in [2.45, 2.75) is 57.4 Å². The number of carbonyl (C=O) groups is 1. The molecule has 4 rings (SSSR count). The molecule has 1 aromatic rings. The Labute approximate surface area is 124 Å². The lowest BCUT2D eigenvalue weighted by molar-refractivity contribution is 0.0701. The lowest BCUT2D eigenvalue weighted by Crippen LogP contribution is -2.37. The van der Waals surface area contributed by atoms with Crippen LogP contribution in [0, 0.1) is 5.41 Å². The van der Waals surface area contributed by atoms with E-state index in [9.17, 15) is 4.79 Å². The van der Waals surface area contributed by atoms with Gasteiger partial charge in [-0.3, -0.25) is 4.79 Å². The second kappa shape index (κ2) is 4.42. The highest BCUT2D eigenvalue weighted by Gasteiger charge is 2.47. The van der Waals surface area contributed by atoms with Gasteiger partial charge in [0.25, 0.3) is 5.91 Å². The van der Waals surface area contributed by atoms with E-state index in [1.807, 2.05) is 4.90 Å². The normalized spacial score (nSPS) is 26.9. The molecule has 0 bridgehead atoms. The van der Waals surface area contributed by atoms with Crippen molar-refractivity contribution in [1.29, 1.82) is 0 Å². The zero-order chi connectivity index (χ0) is 14.6. The molecule has 3 aliphatic rings. The number of hydrogen-bond acceptors (Lipinski definition) is 4. The number of hydrogen-bond donors (Lipinski definition) is 1. The van der Waals surface area contributed by atoms with Crippen LogP contribution >= 0.6 is 0 Å². The highest BCUT2D eigenvalue weighted by molar-refractivity contribution is 5.98. The first-order valence-electron chi connectivity index (χ1n) is 8.01. The monoisotopic (exact) mass is 286 g/mol. The van der Waals surface area contributed by atoms with E-state index in [0.717, 1.165) is 31.6 Å². The Kier molecular flexibility index (Phi) is 2.75. The minimum Gasteiger partial charge on any atom is -0.383 e. The Morgan fingerprint density at radius 1 is 1.43 bits per heavy atom. The molecule has 1 aliphatic heterocycles. The molecule has 1 amide bonds. The molecule has 5 nitrogen and oxygen atoms in total. The molecule has 1 spiro atoms. The number of nitrogen functional groups attached to an aromatic ring is 1. The van der Waals surface area contributed by atoms with Crippen molar-refractivity contribution in [3.63, 3.8) is 0 Å². The molecule has 0 aromatic carbocycles. The second-order valence-electron chi connectivity index (χ2n) is 7.14. The minimum atomic E-state index is 0.00567. The largest absolute Gasteiger partial charge is 0.383 e. The predicted molar refractivity (Wildman–Crippen MR) is 79.8 cm³/mol. The third kappa shape index (κ3) is 2.10. The van der Waals surface area contributed by atoms with Crippen LogP contribution in [0.2, 0.25) is 0 Å². The summed E-state index contributed by atoms with van der Waals surface area (Å²) in [7, 11) is 0. The Bertz CT molecular complexity index is 592. The van der Waals surface area contributed by atoms with Crippen LogP contribution in [-0.4, -0.2) is 33.4 Å². The van der Waals surface area contributed by atoms with Gasteiger partial charge >= 0.3 is 0 Å². The van der Waals surface area contributed by atoms with Crippen LogP contribution in [0.4, 0.5) is 5.82 Å². The molecule has 3 fully saturated rings. The Hall–Kier alpha value is -1.65. The van der Waals surface area contributed by atoms with Crippen molar-refractivity contribution in [1.82, 2.24) is 14.9 Å². The molecule has 2 saturated carbocycles. The molecule has 0 radical (unpaired) electrons. The Morgan fingerprint density at radius 3 is 2.71 bits per heavy atom. The van der Waals surface area contributed by atoms with Gasteiger partial charge in [-0.05, 0) is 44.4 Å².